The van der Waals surface area contributed by atoms with Crippen LogP contribution in [0.5, 0.6) is 0 Å². The van der Waals surface area contributed by atoms with Gasteiger partial charge in [-0.25, -0.2) is 4.98 Å². The van der Waals surface area contributed by atoms with Crippen molar-refractivity contribution in [2.45, 2.75) is 77.4 Å². The summed E-state index contributed by atoms with van der Waals surface area (Å²) >= 11 is 0. The van der Waals surface area contributed by atoms with Gasteiger partial charge in [0.05, 0.1) is 18.2 Å². The molecule has 0 unspecified atom stereocenters. The van der Waals surface area contributed by atoms with Crippen molar-refractivity contribution < 1.29 is 33.6 Å². The van der Waals surface area contributed by atoms with Gasteiger partial charge in [0.1, 0.15) is 17.8 Å². The average molecular weight is 522 g/mol. The summed E-state index contributed by atoms with van der Waals surface area (Å²) in [4.78, 5) is 55.2. The van der Waals surface area contributed by atoms with E-state index in [0.717, 1.165) is 5.56 Å². The number of carbonyl (C=O) groups is 4. The fraction of sp³-hybridized carbons (Fsp3) is 0.464. The molecule has 1 aromatic carbocycles. The number of benzene rings is 1. The van der Waals surface area contributed by atoms with Crippen molar-refractivity contribution in [3.8, 4) is 11.3 Å². The van der Waals surface area contributed by atoms with Gasteiger partial charge in [0.2, 0.25) is 0 Å². The number of carbonyl (C=O) groups excluding carboxylic acids is 4. The molecule has 1 aromatic heterocycles. The van der Waals surface area contributed by atoms with Gasteiger partial charge in [0, 0.05) is 24.2 Å². The number of nitrogens with one attached hydrogen (secondary N) is 1. The number of aliphatic hydroxyl groups excluding tert-OH is 1. The fourth-order valence-electron chi connectivity index (χ4n) is 4.49. The number of ketones is 2. The molecule has 1 fully saturated rings. The Morgan fingerprint density at radius 2 is 1.82 bits per heavy atom. The minimum atomic E-state index is -1.22. The van der Waals surface area contributed by atoms with E-state index in [1.165, 1.54) is 13.0 Å². The quantitative estimate of drug-likeness (QED) is 0.406. The highest BCUT2D eigenvalue weighted by Gasteiger charge is 2.44. The first-order valence-electron chi connectivity index (χ1n) is 13.0. The van der Waals surface area contributed by atoms with Gasteiger partial charge in [-0.15, -0.1) is 0 Å². The lowest BCUT2D eigenvalue weighted by molar-refractivity contribution is -0.148. The van der Waals surface area contributed by atoms with E-state index in [4.69, 9.17) is 9.31 Å². The number of amides is 1. The van der Waals surface area contributed by atoms with Crippen molar-refractivity contribution in [1.82, 2.24) is 10.3 Å². The summed E-state index contributed by atoms with van der Waals surface area (Å²) in [6, 6.07) is 13.2. The SMILES string of the molecule is CCC(=O)[C@H]1CC(=O)OB([C@@H](CC(=O)[C@@H](NC(=O)c2cccc(-c3ccccc3)n2)[C@@H](C)O)CC(C)C)O1. The maximum Gasteiger partial charge on any atom is 0.531 e. The second-order valence-electron chi connectivity index (χ2n) is 10.0. The van der Waals surface area contributed by atoms with E-state index in [9.17, 15) is 24.3 Å². The zero-order chi connectivity index (χ0) is 27.8. The Bertz CT molecular complexity index is 1140. The van der Waals surface area contributed by atoms with Crippen molar-refractivity contribution in [3.63, 3.8) is 0 Å². The van der Waals surface area contributed by atoms with Gasteiger partial charge in [-0.1, -0.05) is 57.2 Å². The summed E-state index contributed by atoms with van der Waals surface area (Å²) in [5.74, 6) is -2.24. The van der Waals surface area contributed by atoms with Gasteiger partial charge in [-0.05, 0) is 31.4 Å². The molecule has 0 bridgehead atoms. The molecule has 1 aliphatic heterocycles. The number of nitrogens with zero attached hydrogens (tertiary/aromatic N) is 1. The van der Waals surface area contributed by atoms with Crippen LogP contribution in [0, 0.1) is 5.92 Å². The number of rotatable bonds is 12. The topological polar surface area (TPSA) is 132 Å². The minimum absolute atomic E-state index is 0.106. The fourth-order valence-corrected chi connectivity index (χ4v) is 4.49. The molecule has 10 heteroatoms. The molecule has 2 N–H and O–H groups in total. The van der Waals surface area contributed by atoms with Crippen LogP contribution < -0.4 is 5.32 Å². The Hall–Kier alpha value is -3.37. The summed E-state index contributed by atoms with van der Waals surface area (Å²) in [6.07, 6.45) is -1.70. The molecule has 9 nitrogen and oxygen atoms in total. The van der Waals surface area contributed by atoms with Crippen LogP contribution in [0.15, 0.2) is 48.5 Å². The monoisotopic (exact) mass is 522 g/mol. The highest BCUT2D eigenvalue weighted by Crippen LogP contribution is 2.31. The van der Waals surface area contributed by atoms with Crippen molar-refractivity contribution in [3.05, 3.63) is 54.2 Å². The van der Waals surface area contributed by atoms with Crippen molar-refractivity contribution >= 4 is 30.6 Å². The van der Waals surface area contributed by atoms with Crippen molar-refractivity contribution in [2.24, 2.45) is 5.92 Å². The molecular weight excluding hydrogens is 487 g/mol. The molecule has 38 heavy (non-hydrogen) atoms. The van der Waals surface area contributed by atoms with E-state index in [1.54, 1.807) is 19.1 Å². The maximum absolute atomic E-state index is 13.4. The molecule has 4 atom stereocenters. The number of aromatic nitrogens is 1. The lowest BCUT2D eigenvalue weighted by atomic mass is 9.64. The first-order valence-corrected chi connectivity index (χ1v) is 13.0. The predicted molar refractivity (Wildman–Crippen MR) is 142 cm³/mol. The van der Waals surface area contributed by atoms with Crippen LogP contribution in [0.1, 0.15) is 63.9 Å². The third-order valence-electron chi connectivity index (χ3n) is 6.40. The number of hydrogen-bond donors (Lipinski definition) is 2. The first kappa shape index (κ1) is 29.2. The van der Waals surface area contributed by atoms with E-state index in [0.29, 0.717) is 12.1 Å². The summed E-state index contributed by atoms with van der Waals surface area (Å²) in [5, 5.41) is 13.0. The predicted octanol–water partition coefficient (Wildman–Crippen LogP) is 3.40. The molecular formula is C28H35BN2O7. The molecule has 1 saturated heterocycles. The lowest BCUT2D eigenvalue weighted by Gasteiger charge is -2.32. The van der Waals surface area contributed by atoms with Gasteiger partial charge in [0.15, 0.2) is 11.6 Å². The number of hydrogen-bond acceptors (Lipinski definition) is 8. The molecule has 0 saturated carbocycles. The third kappa shape index (κ3) is 7.82. The average Bonchev–Trinajstić information content (AvgIpc) is 2.90. The van der Waals surface area contributed by atoms with Gasteiger partial charge in [0.25, 0.3) is 11.9 Å². The normalized spacial score (nSPS) is 17.9. The molecule has 3 rings (SSSR count). The minimum Gasteiger partial charge on any atom is -0.509 e. The molecule has 0 spiro atoms. The second-order valence-corrected chi connectivity index (χ2v) is 10.0. The smallest absolute Gasteiger partial charge is 0.509 e. The van der Waals surface area contributed by atoms with E-state index >= 15 is 0 Å². The zero-order valence-corrected chi connectivity index (χ0v) is 22.3. The van der Waals surface area contributed by atoms with Crippen LogP contribution >= 0.6 is 0 Å². The molecule has 1 amide bonds. The number of aliphatic hydroxyl groups is 1. The van der Waals surface area contributed by atoms with E-state index in [-0.39, 0.29) is 36.7 Å². The second kappa shape index (κ2) is 13.4. The maximum atomic E-state index is 13.4. The van der Waals surface area contributed by atoms with E-state index in [1.807, 2.05) is 44.2 Å². The molecule has 2 aromatic rings. The summed E-state index contributed by atoms with van der Waals surface area (Å²) in [7, 11) is -1.07. The Kier molecular flexibility index (Phi) is 10.3. The Balaban J connectivity index is 1.75. The van der Waals surface area contributed by atoms with Gasteiger partial charge in [-0.2, -0.15) is 0 Å². The summed E-state index contributed by atoms with van der Waals surface area (Å²) in [6.45, 7) is 7.02. The highest BCUT2D eigenvalue weighted by molar-refractivity contribution is 6.50. The molecule has 0 radical (unpaired) electrons. The zero-order valence-electron chi connectivity index (χ0n) is 22.3. The van der Waals surface area contributed by atoms with Crippen molar-refractivity contribution in [1.29, 1.82) is 0 Å². The molecule has 2 heterocycles. The largest absolute Gasteiger partial charge is 0.531 e. The van der Waals surface area contributed by atoms with Gasteiger partial charge >= 0.3 is 7.12 Å². The molecule has 202 valence electrons. The molecule has 1 aliphatic rings. The highest BCUT2D eigenvalue weighted by atomic mass is 16.6. The van der Waals surface area contributed by atoms with E-state index < -0.39 is 48.8 Å². The Morgan fingerprint density at radius 1 is 1.11 bits per heavy atom. The van der Waals surface area contributed by atoms with Crippen molar-refractivity contribution in [2.75, 3.05) is 0 Å². The van der Waals surface area contributed by atoms with E-state index in [2.05, 4.69) is 10.3 Å². The molecule has 0 aliphatic carbocycles. The standard InChI is InChI=1S/C28H35BN2O7/c1-5-23(33)25-16-26(35)38-29(37-25)20(14-17(2)3)15-24(34)27(18(4)32)31-28(36)22-13-9-12-21(30-22)19-10-7-6-8-11-19/h6-13,17-18,20,25,27,32H,5,14-16H2,1-4H3,(H,31,36)/t18-,20-,25-,27+/m1/s1. The van der Waals surface area contributed by atoms with Crippen LogP contribution in [0.25, 0.3) is 11.3 Å². The van der Waals surface area contributed by atoms with Crippen LogP contribution in [0.4, 0.5) is 0 Å². The lowest BCUT2D eigenvalue weighted by Crippen LogP contribution is -2.50. The number of pyridine rings is 1. The number of Topliss-reactive ketones (excluding diaryl/α,β-unsaturated/α-hetero) is 2. The Morgan fingerprint density at radius 3 is 2.45 bits per heavy atom. The Labute approximate surface area is 223 Å². The summed E-state index contributed by atoms with van der Waals surface area (Å²) < 4.78 is 11.2. The summed E-state index contributed by atoms with van der Waals surface area (Å²) in [5.41, 5.74) is 1.54. The van der Waals surface area contributed by atoms with Crippen LogP contribution in [-0.2, 0) is 23.7 Å². The van der Waals surface area contributed by atoms with Gasteiger partial charge in [-0.3, -0.25) is 19.2 Å². The third-order valence-corrected chi connectivity index (χ3v) is 6.40. The van der Waals surface area contributed by atoms with Gasteiger partial charge < -0.3 is 19.7 Å². The van der Waals surface area contributed by atoms with Crippen LogP contribution in [0.2, 0.25) is 5.82 Å². The van der Waals surface area contributed by atoms with Crippen LogP contribution in [-0.4, -0.2) is 58.9 Å². The van der Waals surface area contributed by atoms with Crippen LogP contribution in [0.3, 0.4) is 0 Å². The first-order chi connectivity index (χ1) is 18.1.